The van der Waals surface area contributed by atoms with Crippen LogP contribution in [-0.4, -0.2) is 54.9 Å². The number of likely N-dealkylation sites (tertiary alicyclic amines) is 1. The Hall–Kier alpha value is -0.650. The van der Waals surface area contributed by atoms with Gasteiger partial charge in [-0.25, -0.2) is 0 Å². The Morgan fingerprint density at radius 2 is 2.24 bits per heavy atom. The lowest BCUT2D eigenvalue weighted by Gasteiger charge is -2.31. The maximum atomic E-state index is 10.6. The van der Waals surface area contributed by atoms with Crippen molar-refractivity contribution in [1.29, 1.82) is 0 Å². The van der Waals surface area contributed by atoms with Gasteiger partial charge in [-0.15, -0.1) is 0 Å². The number of carboxylic acid groups (broad SMARTS) is 1. The van der Waals surface area contributed by atoms with Gasteiger partial charge in [0.25, 0.3) is 0 Å². The number of hydrogen-bond acceptors (Lipinski definition) is 4. The predicted molar refractivity (Wildman–Crippen MR) is 66.0 cm³/mol. The van der Waals surface area contributed by atoms with E-state index in [1.165, 1.54) is 0 Å². The molecule has 0 aromatic carbocycles. The van der Waals surface area contributed by atoms with Crippen LogP contribution in [0, 0.1) is 0 Å². The fraction of sp³-hybridized carbons (Fsp3) is 0.917. The average molecular weight is 244 g/mol. The van der Waals surface area contributed by atoms with Crippen LogP contribution < -0.4 is 5.73 Å². The number of hydrogen-bond donors (Lipinski definition) is 2. The number of nitrogens with zero attached hydrogens (tertiary/aromatic N) is 1. The zero-order valence-electron chi connectivity index (χ0n) is 10.4. The molecule has 0 aliphatic carbocycles. The zero-order valence-corrected chi connectivity index (χ0v) is 10.4. The van der Waals surface area contributed by atoms with Crippen LogP contribution in [0.25, 0.3) is 0 Å². The lowest BCUT2D eigenvalue weighted by molar-refractivity contribution is -0.139. The highest BCUT2D eigenvalue weighted by Gasteiger charge is 2.21. The van der Waals surface area contributed by atoms with Crippen molar-refractivity contribution in [1.82, 2.24) is 4.90 Å². The molecule has 0 radical (unpaired) electrons. The number of rotatable bonds is 8. The molecule has 5 nitrogen and oxygen atoms in total. The number of aliphatic carboxylic acids is 1. The van der Waals surface area contributed by atoms with Crippen LogP contribution in [0.2, 0.25) is 0 Å². The van der Waals surface area contributed by atoms with Gasteiger partial charge in [0.1, 0.15) is 0 Å². The molecule has 17 heavy (non-hydrogen) atoms. The summed E-state index contributed by atoms with van der Waals surface area (Å²) >= 11 is 0. The first-order valence-corrected chi connectivity index (χ1v) is 6.48. The maximum absolute atomic E-state index is 10.6. The molecule has 1 fully saturated rings. The van der Waals surface area contributed by atoms with Crippen LogP contribution in [0.5, 0.6) is 0 Å². The van der Waals surface area contributed by atoms with Gasteiger partial charge in [0.15, 0.2) is 0 Å². The maximum Gasteiger partial charge on any atom is 0.317 e. The van der Waals surface area contributed by atoms with E-state index in [1.54, 1.807) is 0 Å². The Bertz CT molecular complexity index is 224. The van der Waals surface area contributed by atoms with Gasteiger partial charge in [-0.05, 0) is 45.2 Å². The van der Waals surface area contributed by atoms with Crippen LogP contribution >= 0.6 is 0 Å². The second-order valence-electron chi connectivity index (χ2n) is 4.61. The minimum atomic E-state index is -0.756. The summed E-state index contributed by atoms with van der Waals surface area (Å²) in [5.41, 5.74) is 5.42. The molecule has 1 saturated heterocycles. The fourth-order valence-electron chi connectivity index (χ4n) is 2.16. The molecule has 100 valence electrons. The van der Waals surface area contributed by atoms with E-state index in [9.17, 15) is 4.79 Å². The van der Waals surface area contributed by atoms with Crippen LogP contribution in [0.4, 0.5) is 0 Å². The zero-order chi connectivity index (χ0) is 12.5. The second kappa shape index (κ2) is 8.44. The summed E-state index contributed by atoms with van der Waals surface area (Å²) in [4.78, 5) is 12.6. The number of piperidine rings is 1. The average Bonchev–Trinajstić information content (AvgIpc) is 2.28. The Balaban J connectivity index is 2.09. The first-order valence-electron chi connectivity index (χ1n) is 6.48. The van der Waals surface area contributed by atoms with E-state index in [1.807, 2.05) is 4.90 Å². The summed E-state index contributed by atoms with van der Waals surface area (Å²) in [7, 11) is 0. The predicted octanol–water partition coefficient (Wildman–Crippen LogP) is 0.681. The normalized spacial score (nSPS) is 21.6. The van der Waals surface area contributed by atoms with Crippen molar-refractivity contribution < 1.29 is 14.6 Å². The van der Waals surface area contributed by atoms with Gasteiger partial charge >= 0.3 is 5.97 Å². The summed E-state index contributed by atoms with van der Waals surface area (Å²) in [6.45, 7) is 3.27. The van der Waals surface area contributed by atoms with Gasteiger partial charge in [0, 0.05) is 13.2 Å². The molecule has 1 atom stereocenters. The molecular formula is C12H24N2O3. The molecule has 0 aromatic heterocycles. The van der Waals surface area contributed by atoms with E-state index >= 15 is 0 Å². The molecule has 1 unspecified atom stereocenters. The number of ether oxygens (including phenoxy) is 1. The summed E-state index contributed by atoms with van der Waals surface area (Å²) in [5.74, 6) is -0.756. The third-order valence-corrected chi connectivity index (χ3v) is 3.02. The Morgan fingerprint density at radius 1 is 1.41 bits per heavy atom. The summed E-state index contributed by atoms with van der Waals surface area (Å²) in [6, 6.07) is 0. The highest BCUT2D eigenvalue weighted by Crippen LogP contribution is 2.13. The van der Waals surface area contributed by atoms with Gasteiger partial charge in [-0.2, -0.15) is 0 Å². The highest BCUT2D eigenvalue weighted by molar-refractivity contribution is 5.69. The van der Waals surface area contributed by atoms with Gasteiger partial charge in [0.2, 0.25) is 0 Å². The van der Waals surface area contributed by atoms with Crippen molar-refractivity contribution in [3.8, 4) is 0 Å². The van der Waals surface area contributed by atoms with Crippen molar-refractivity contribution in [2.24, 2.45) is 5.73 Å². The number of nitrogens with two attached hydrogens (primary N) is 1. The van der Waals surface area contributed by atoms with Gasteiger partial charge in [0.05, 0.1) is 12.6 Å². The van der Waals surface area contributed by atoms with Crippen molar-refractivity contribution in [2.45, 2.75) is 38.2 Å². The van der Waals surface area contributed by atoms with Gasteiger partial charge in [-0.3, -0.25) is 9.69 Å². The first kappa shape index (κ1) is 14.4. The molecule has 5 heteroatoms. The van der Waals surface area contributed by atoms with Crippen LogP contribution in [0.3, 0.4) is 0 Å². The third kappa shape index (κ3) is 6.61. The topological polar surface area (TPSA) is 75.8 Å². The fourth-order valence-corrected chi connectivity index (χ4v) is 2.16. The smallest absolute Gasteiger partial charge is 0.317 e. The van der Waals surface area contributed by atoms with Crippen LogP contribution in [-0.2, 0) is 9.53 Å². The minimum Gasteiger partial charge on any atom is -0.480 e. The summed E-state index contributed by atoms with van der Waals surface area (Å²) < 4.78 is 5.77. The molecule has 1 rings (SSSR count). The summed E-state index contributed by atoms with van der Waals surface area (Å²) in [6.07, 6.45) is 5.50. The van der Waals surface area contributed by atoms with E-state index in [0.717, 1.165) is 58.3 Å². The second-order valence-corrected chi connectivity index (χ2v) is 4.61. The van der Waals surface area contributed by atoms with Crippen molar-refractivity contribution in [3.05, 3.63) is 0 Å². The first-order chi connectivity index (χ1) is 8.22. The van der Waals surface area contributed by atoms with E-state index in [4.69, 9.17) is 15.6 Å². The van der Waals surface area contributed by atoms with Crippen molar-refractivity contribution in [2.75, 3.05) is 32.8 Å². The standard InChI is InChI=1S/C12H24N2O3/c13-6-2-1-3-8-17-11-5-4-7-14(9-11)10-12(15)16/h11H,1-10,13H2,(H,15,16). The molecule has 1 aliphatic heterocycles. The van der Waals surface area contributed by atoms with Crippen LogP contribution in [0.1, 0.15) is 32.1 Å². The molecule has 3 N–H and O–H groups in total. The van der Waals surface area contributed by atoms with E-state index in [2.05, 4.69) is 0 Å². The molecule has 0 amide bonds. The molecule has 0 bridgehead atoms. The molecule has 0 aromatic rings. The van der Waals surface area contributed by atoms with Gasteiger partial charge in [-0.1, -0.05) is 0 Å². The van der Waals surface area contributed by atoms with E-state index in [-0.39, 0.29) is 12.6 Å². The Morgan fingerprint density at radius 3 is 2.94 bits per heavy atom. The van der Waals surface area contributed by atoms with Crippen LogP contribution in [0.15, 0.2) is 0 Å². The molecule has 1 heterocycles. The SMILES string of the molecule is NCCCCCOC1CCCN(CC(=O)O)C1. The third-order valence-electron chi connectivity index (χ3n) is 3.02. The lowest BCUT2D eigenvalue weighted by atomic mass is 10.1. The Kier molecular flexibility index (Phi) is 7.16. The summed E-state index contributed by atoms with van der Waals surface area (Å²) in [5, 5.41) is 8.73. The van der Waals surface area contributed by atoms with Gasteiger partial charge < -0.3 is 15.6 Å². The minimum absolute atomic E-state index is 0.132. The van der Waals surface area contributed by atoms with Crippen molar-refractivity contribution >= 4 is 5.97 Å². The quantitative estimate of drug-likeness (QED) is 0.614. The highest BCUT2D eigenvalue weighted by atomic mass is 16.5. The number of unbranched alkanes of at least 4 members (excludes halogenated alkanes) is 2. The largest absolute Gasteiger partial charge is 0.480 e. The number of carboxylic acids is 1. The molecule has 0 saturated carbocycles. The molecular weight excluding hydrogens is 220 g/mol. The monoisotopic (exact) mass is 244 g/mol. The van der Waals surface area contributed by atoms with E-state index < -0.39 is 5.97 Å². The lowest BCUT2D eigenvalue weighted by Crippen LogP contribution is -2.42. The van der Waals surface area contributed by atoms with E-state index in [0.29, 0.717) is 0 Å². The Labute approximate surface area is 103 Å². The van der Waals surface area contributed by atoms with Crippen molar-refractivity contribution in [3.63, 3.8) is 0 Å². The number of carbonyl (C=O) groups is 1. The molecule has 0 spiro atoms. The molecule has 1 aliphatic rings.